The zero-order valence-electron chi connectivity index (χ0n) is 15.1. The molecule has 1 amide bonds. The van der Waals surface area contributed by atoms with Crippen LogP contribution in [0.3, 0.4) is 0 Å². The van der Waals surface area contributed by atoms with Gasteiger partial charge in [0.2, 0.25) is 5.91 Å². The number of nitrogens with zero attached hydrogens (tertiary/aromatic N) is 1. The average molecular weight is 367 g/mol. The third kappa shape index (κ3) is 3.05. The van der Waals surface area contributed by atoms with Gasteiger partial charge in [0, 0.05) is 12.5 Å². The summed E-state index contributed by atoms with van der Waals surface area (Å²) in [6.07, 6.45) is 2.84. The number of fused-ring (bicyclic) bond motifs is 1. The maximum atomic E-state index is 13.1. The summed E-state index contributed by atoms with van der Waals surface area (Å²) in [5, 5.41) is 0. The molecule has 0 spiro atoms. The van der Waals surface area contributed by atoms with E-state index in [0.29, 0.717) is 13.2 Å². The Kier molecular flexibility index (Phi) is 4.03. The van der Waals surface area contributed by atoms with Crippen LogP contribution in [0, 0.1) is 11.7 Å². The van der Waals surface area contributed by atoms with Gasteiger partial charge >= 0.3 is 0 Å². The van der Waals surface area contributed by atoms with Gasteiger partial charge in [-0.25, -0.2) is 4.39 Å². The van der Waals surface area contributed by atoms with Crippen LogP contribution in [0.25, 0.3) is 0 Å². The largest absolute Gasteiger partial charge is 0.486 e. The Morgan fingerprint density at radius 2 is 1.74 bits per heavy atom. The fourth-order valence-electron chi connectivity index (χ4n) is 4.40. The number of likely N-dealkylation sites (tertiary alicyclic amines) is 1. The minimum atomic E-state index is -0.236. The van der Waals surface area contributed by atoms with E-state index >= 15 is 0 Å². The quantitative estimate of drug-likeness (QED) is 0.821. The van der Waals surface area contributed by atoms with Crippen molar-refractivity contribution in [3.63, 3.8) is 0 Å². The molecule has 27 heavy (non-hydrogen) atoms. The van der Waals surface area contributed by atoms with Crippen LogP contribution in [0.15, 0.2) is 42.5 Å². The summed E-state index contributed by atoms with van der Waals surface area (Å²) in [5.41, 5.74) is 2.17. The molecule has 2 aliphatic heterocycles. The summed E-state index contributed by atoms with van der Waals surface area (Å²) in [6, 6.07) is 12.7. The summed E-state index contributed by atoms with van der Waals surface area (Å²) >= 11 is 0. The number of benzene rings is 2. The Labute approximate surface area is 157 Å². The molecule has 0 bridgehead atoms. The highest BCUT2D eigenvalue weighted by Gasteiger charge is 2.47. The van der Waals surface area contributed by atoms with Crippen LogP contribution in [-0.4, -0.2) is 30.6 Å². The lowest BCUT2D eigenvalue weighted by Gasteiger charge is -2.27. The normalized spacial score (nSPS) is 26.1. The molecule has 0 radical (unpaired) electrons. The Hall–Kier alpha value is -2.56. The zero-order chi connectivity index (χ0) is 18.4. The summed E-state index contributed by atoms with van der Waals surface area (Å²) < 4.78 is 24.4. The van der Waals surface area contributed by atoms with Crippen LogP contribution in [0.2, 0.25) is 0 Å². The topological polar surface area (TPSA) is 38.8 Å². The lowest BCUT2D eigenvalue weighted by atomic mass is 10.0. The summed E-state index contributed by atoms with van der Waals surface area (Å²) in [7, 11) is 0. The smallest absolute Gasteiger partial charge is 0.226 e. The number of amides is 1. The van der Waals surface area contributed by atoms with E-state index in [1.54, 1.807) is 12.1 Å². The molecule has 0 unspecified atom stereocenters. The standard InChI is InChI=1S/C22H22FNO3/c23-16-6-3-14(4-7-16)17-13-18(17)22(25)24-9-1-2-19(24)15-5-8-20-21(12-15)27-11-10-26-20/h3-8,12,17-19H,1-2,9-11,13H2/t17-,18-,19-/m1/s1. The number of carbonyl (C=O) groups excluding carboxylic acids is 1. The lowest BCUT2D eigenvalue weighted by Crippen LogP contribution is -2.32. The third-order valence-electron chi connectivity index (χ3n) is 5.89. The molecule has 0 aromatic heterocycles. The second-order valence-electron chi connectivity index (χ2n) is 7.59. The molecule has 2 fully saturated rings. The molecular weight excluding hydrogens is 345 g/mol. The summed E-state index contributed by atoms with van der Waals surface area (Å²) in [6.45, 7) is 1.93. The Balaban J connectivity index is 1.33. The molecule has 3 atom stereocenters. The molecule has 1 aliphatic carbocycles. The van der Waals surface area contributed by atoms with Gasteiger partial charge in [-0.05, 0) is 60.6 Å². The van der Waals surface area contributed by atoms with Gasteiger partial charge in [0.1, 0.15) is 19.0 Å². The first-order valence-electron chi connectivity index (χ1n) is 9.66. The van der Waals surface area contributed by atoms with Gasteiger partial charge in [-0.15, -0.1) is 0 Å². The minimum Gasteiger partial charge on any atom is -0.486 e. The highest BCUT2D eigenvalue weighted by atomic mass is 19.1. The van der Waals surface area contributed by atoms with E-state index in [2.05, 4.69) is 0 Å². The minimum absolute atomic E-state index is 0.0215. The van der Waals surface area contributed by atoms with Crippen LogP contribution in [0.4, 0.5) is 4.39 Å². The van der Waals surface area contributed by atoms with Crippen molar-refractivity contribution in [1.29, 1.82) is 0 Å². The molecule has 2 aromatic rings. The molecule has 1 saturated heterocycles. The van der Waals surface area contributed by atoms with Crippen molar-refractivity contribution in [2.24, 2.45) is 5.92 Å². The second kappa shape index (κ2) is 6.55. The van der Waals surface area contributed by atoms with Crippen molar-refractivity contribution in [3.8, 4) is 11.5 Å². The number of hydrogen-bond donors (Lipinski definition) is 0. The molecule has 1 saturated carbocycles. The maximum Gasteiger partial charge on any atom is 0.226 e. The monoisotopic (exact) mass is 367 g/mol. The highest BCUT2D eigenvalue weighted by Crippen LogP contribution is 2.50. The van der Waals surface area contributed by atoms with E-state index < -0.39 is 0 Å². The first-order valence-corrected chi connectivity index (χ1v) is 9.66. The highest BCUT2D eigenvalue weighted by molar-refractivity contribution is 5.83. The molecule has 140 valence electrons. The first kappa shape index (κ1) is 16.6. The van der Waals surface area contributed by atoms with Gasteiger partial charge < -0.3 is 14.4 Å². The van der Waals surface area contributed by atoms with E-state index in [0.717, 1.165) is 48.4 Å². The van der Waals surface area contributed by atoms with Crippen molar-refractivity contribution in [2.45, 2.75) is 31.2 Å². The Bertz CT molecular complexity index is 866. The summed E-state index contributed by atoms with van der Waals surface area (Å²) in [4.78, 5) is 15.2. The van der Waals surface area contributed by atoms with E-state index in [9.17, 15) is 9.18 Å². The van der Waals surface area contributed by atoms with Crippen molar-refractivity contribution < 1.29 is 18.7 Å². The fraction of sp³-hybridized carbons (Fsp3) is 0.409. The molecule has 0 N–H and O–H groups in total. The van der Waals surface area contributed by atoms with E-state index in [1.165, 1.54) is 12.1 Å². The van der Waals surface area contributed by atoms with Gasteiger partial charge in [0.15, 0.2) is 11.5 Å². The number of halogens is 1. The molecule has 3 aliphatic rings. The van der Waals surface area contributed by atoms with Crippen LogP contribution in [-0.2, 0) is 4.79 Å². The van der Waals surface area contributed by atoms with Gasteiger partial charge in [-0.2, -0.15) is 0 Å². The number of ether oxygens (including phenoxy) is 2. The second-order valence-corrected chi connectivity index (χ2v) is 7.59. The molecule has 2 heterocycles. The van der Waals surface area contributed by atoms with Crippen molar-refractivity contribution in [3.05, 3.63) is 59.4 Å². The number of hydrogen-bond acceptors (Lipinski definition) is 3. The van der Waals surface area contributed by atoms with Gasteiger partial charge in [0.05, 0.1) is 6.04 Å². The molecular formula is C22H22FNO3. The summed E-state index contributed by atoms with van der Waals surface area (Å²) in [5.74, 6) is 1.78. The lowest BCUT2D eigenvalue weighted by molar-refractivity contribution is -0.133. The predicted octanol–water partition coefficient (Wildman–Crippen LogP) is 4.06. The van der Waals surface area contributed by atoms with Gasteiger partial charge in [-0.3, -0.25) is 4.79 Å². The molecule has 5 rings (SSSR count). The average Bonchev–Trinajstić information content (AvgIpc) is 3.35. The Morgan fingerprint density at radius 1 is 1.00 bits per heavy atom. The maximum absolute atomic E-state index is 13.1. The number of carbonyl (C=O) groups is 1. The van der Waals surface area contributed by atoms with Gasteiger partial charge in [0.25, 0.3) is 0 Å². The molecule has 5 heteroatoms. The predicted molar refractivity (Wildman–Crippen MR) is 98.4 cm³/mol. The number of rotatable bonds is 3. The van der Waals surface area contributed by atoms with E-state index in [-0.39, 0.29) is 29.6 Å². The van der Waals surface area contributed by atoms with E-state index in [4.69, 9.17) is 9.47 Å². The zero-order valence-corrected chi connectivity index (χ0v) is 15.1. The Morgan fingerprint density at radius 3 is 2.56 bits per heavy atom. The fourth-order valence-corrected chi connectivity index (χ4v) is 4.40. The third-order valence-corrected chi connectivity index (χ3v) is 5.89. The van der Waals surface area contributed by atoms with Crippen LogP contribution >= 0.6 is 0 Å². The van der Waals surface area contributed by atoms with Gasteiger partial charge in [-0.1, -0.05) is 18.2 Å². The SMILES string of the molecule is O=C([C@@H]1C[C@@H]1c1ccc(F)cc1)N1CCC[C@@H]1c1ccc2c(c1)OCCO2. The van der Waals surface area contributed by atoms with Crippen molar-refractivity contribution in [2.75, 3.05) is 19.8 Å². The molecule has 2 aromatic carbocycles. The molecule has 4 nitrogen and oxygen atoms in total. The van der Waals surface area contributed by atoms with Crippen LogP contribution in [0.1, 0.15) is 42.3 Å². The van der Waals surface area contributed by atoms with E-state index in [1.807, 2.05) is 23.1 Å². The first-order chi connectivity index (χ1) is 13.2. The van der Waals surface area contributed by atoms with Crippen molar-refractivity contribution >= 4 is 5.91 Å². The van der Waals surface area contributed by atoms with Crippen LogP contribution < -0.4 is 9.47 Å². The van der Waals surface area contributed by atoms with Crippen LogP contribution in [0.5, 0.6) is 11.5 Å². The van der Waals surface area contributed by atoms with Crippen molar-refractivity contribution in [1.82, 2.24) is 4.90 Å².